The Bertz CT molecular complexity index is 1320. The molecule has 0 aromatic carbocycles. The summed E-state index contributed by atoms with van der Waals surface area (Å²) in [6, 6.07) is 0. The van der Waals surface area contributed by atoms with Gasteiger partial charge in [0.2, 0.25) is 0 Å². The molecule has 5 nitrogen and oxygen atoms in total. The number of aliphatic hydroxyl groups is 1. The Hall–Kier alpha value is -2.14. The number of unbranched alkanes of at least 4 members (excludes halogenated alkanes) is 52. The van der Waals surface area contributed by atoms with Crippen LogP contribution >= 0.6 is 0 Å². The molecule has 0 amide bonds. The smallest absolute Gasteiger partial charge is 0.306 e. The van der Waals surface area contributed by atoms with Crippen LogP contribution in [0.3, 0.4) is 0 Å². The van der Waals surface area contributed by atoms with Crippen LogP contribution in [-0.2, 0) is 19.1 Å². The number of carbonyl (C=O) groups is 2. The van der Waals surface area contributed by atoms with Crippen molar-refractivity contribution in [1.29, 1.82) is 0 Å². The first kappa shape index (κ1) is 77.9. The summed E-state index contributed by atoms with van der Waals surface area (Å²) >= 11 is 0. The van der Waals surface area contributed by atoms with Gasteiger partial charge in [-0.1, -0.05) is 358 Å². The molecular weight excluding hydrogens is 981 g/mol. The number of ether oxygens (including phenoxy) is 2. The minimum atomic E-state index is -0.772. The SMILES string of the molecule is CCCCCCC/C=C\C/C=C\C/C=C\CCCCCCCCCCCCCCCCCCC(=O)OC(CO)COC(=O)CCCCCCCCCCCCCCCCCCCCCCCCC/C=C\CCCCCCCCCC. The van der Waals surface area contributed by atoms with E-state index in [0.717, 1.165) is 44.9 Å². The Kier molecular flexibility index (Phi) is 69.2. The summed E-state index contributed by atoms with van der Waals surface area (Å²) in [6.45, 7) is 4.19. The van der Waals surface area contributed by atoms with Crippen molar-refractivity contribution in [2.75, 3.05) is 13.2 Å². The normalized spacial score (nSPS) is 12.4. The van der Waals surface area contributed by atoms with Gasteiger partial charge in [0.1, 0.15) is 6.61 Å². The van der Waals surface area contributed by atoms with Crippen LogP contribution in [-0.4, -0.2) is 36.4 Å². The van der Waals surface area contributed by atoms with Gasteiger partial charge in [-0.3, -0.25) is 9.59 Å². The Morgan fingerprint density at radius 2 is 0.500 bits per heavy atom. The summed E-state index contributed by atoms with van der Waals surface area (Å²) in [6.07, 6.45) is 95.9. The van der Waals surface area contributed by atoms with Crippen LogP contribution < -0.4 is 0 Å². The minimum Gasteiger partial charge on any atom is -0.462 e. The standard InChI is InChI=1S/C75H140O5/c1-3-5-7-9-11-13-15-17-19-21-23-25-27-29-31-33-35-36-37-38-40-41-43-45-47-49-51-53-55-57-59-61-63-65-67-69-74(77)79-72-73(71-76)80-75(78)70-68-66-64-62-60-58-56-54-52-50-48-46-44-42-39-34-32-30-28-26-24-22-20-18-16-14-12-10-8-6-4-2/h16,18,21-24,28,30,73,76H,3-15,17,19-20,25-27,29,31-72H2,1-2H3/b18-16-,23-21-,24-22-,30-28-. The molecule has 0 aliphatic rings. The fourth-order valence-electron chi connectivity index (χ4n) is 11.2. The highest BCUT2D eigenvalue weighted by atomic mass is 16.6. The van der Waals surface area contributed by atoms with E-state index in [-0.39, 0.29) is 25.2 Å². The van der Waals surface area contributed by atoms with E-state index in [1.54, 1.807) is 0 Å². The van der Waals surface area contributed by atoms with E-state index in [2.05, 4.69) is 62.5 Å². The second-order valence-electron chi connectivity index (χ2n) is 24.7. The molecule has 0 fully saturated rings. The third-order valence-electron chi connectivity index (χ3n) is 16.6. The molecule has 0 aliphatic heterocycles. The predicted molar refractivity (Wildman–Crippen MR) is 353 cm³/mol. The predicted octanol–water partition coefficient (Wildman–Crippen LogP) is 25.1. The number of hydrogen-bond donors (Lipinski definition) is 1. The highest BCUT2D eigenvalue weighted by Gasteiger charge is 2.16. The highest BCUT2D eigenvalue weighted by Crippen LogP contribution is 2.19. The minimum absolute atomic E-state index is 0.0607. The third kappa shape index (κ3) is 68.4. The molecule has 1 atom stereocenters. The zero-order chi connectivity index (χ0) is 57.6. The van der Waals surface area contributed by atoms with Gasteiger partial charge in [0.15, 0.2) is 6.10 Å². The molecule has 80 heavy (non-hydrogen) atoms. The molecule has 0 radical (unpaired) electrons. The lowest BCUT2D eigenvalue weighted by Crippen LogP contribution is -2.28. The molecule has 5 heteroatoms. The maximum absolute atomic E-state index is 12.4. The van der Waals surface area contributed by atoms with Crippen LogP contribution in [0, 0.1) is 0 Å². The number of esters is 2. The molecule has 0 aromatic rings. The average molecular weight is 1120 g/mol. The molecule has 0 rings (SSSR count). The van der Waals surface area contributed by atoms with Crippen LogP contribution in [0.5, 0.6) is 0 Å². The van der Waals surface area contributed by atoms with Crippen molar-refractivity contribution in [1.82, 2.24) is 0 Å². The Labute approximate surface area is 500 Å². The first-order valence-electron chi connectivity index (χ1n) is 36.2. The second-order valence-corrected chi connectivity index (χ2v) is 24.7. The van der Waals surface area contributed by atoms with E-state index in [1.165, 1.54) is 327 Å². The van der Waals surface area contributed by atoms with Gasteiger partial charge in [0.25, 0.3) is 0 Å². The molecular formula is C75H140O5. The van der Waals surface area contributed by atoms with Crippen molar-refractivity contribution in [2.24, 2.45) is 0 Å². The van der Waals surface area contributed by atoms with Crippen molar-refractivity contribution in [3.8, 4) is 0 Å². The lowest BCUT2D eigenvalue weighted by Gasteiger charge is -2.15. The van der Waals surface area contributed by atoms with E-state index in [4.69, 9.17) is 9.47 Å². The maximum Gasteiger partial charge on any atom is 0.306 e. The monoisotopic (exact) mass is 1120 g/mol. The summed E-state index contributed by atoms with van der Waals surface area (Å²) in [5.41, 5.74) is 0. The number of aliphatic hydroxyl groups excluding tert-OH is 1. The van der Waals surface area contributed by atoms with Crippen LogP contribution in [0.15, 0.2) is 48.6 Å². The van der Waals surface area contributed by atoms with Crippen molar-refractivity contribution in [3.05, 3.63) is 48.6 Å². The van der Waals surface area contributed by atoms with Crippen LogP contribution in [0.1, 0.15) is 399 Å². The topological polar surface area (TPSA) is 72.8 Å². The molecule has 0 bridgehead atoms. The third-order valence-corrected chi connectivity index (χ3v) is 16.6. The van der Waals surface area contributed by atoms with Gasteiger partial charge >= 0.3 is 11.9 Å². The highest BCUT2D eigenvalue weighted by molar-refractivity contribution is 5.70. The maximum atomic E-state index is 12.4. The van der Waals surface area contributed by atoms with Crippen molar-refractivity contribution in [2.45, 2.75) is 405 Å². The number of rotatable bonds is 68. The van der Waals surface area contributed by atoms with E-state index in [0.29, 0.717) is 12.8 Å². The van der Waals surface area contributed by atoms with E-state index in [1.807, 2.05) is 0 Å². The Morgan fingerprint density at radius 1 is 0.287 bits per heavy atom. The molecule has 1 N–H and O–H groups in total. The summed E-state index contributed by atoms with van der Waals surface area (Å²) in [4.78, 5) is 24.7. The quantitative estimate of drug-likeness (QED) is 0.0373. The molecule has 0 aromatic heterocycles. The van der Waals surface area contributed by atoms with Gasteiger partial charge in [0.05, 0.1) is 6.61 Å². The van der Waals surface area contributed by atoms with Gasteiger partial charge in [-0.15, -0.1) is 0 Å². The van der Waals surface area contributed by atoms with E-state index < -0.39 is 6.10 Å². The summed E-state index contributed by atoms with van der Waals surface area (Å²) in [5, 5.41) is 9.71. The van der Waals surface area contributed by atoms with Crippen LogP contribution in [0.2, 0.25) is 0 Å². The van der Waals surface area contributed by atoms with Gasteiger partial charge in [-0.2, -0.15) is 0 Å². The fraction of sp³-hybridized carbons (Fsp3) is 0.867. The summed E-state index contributed by atoms with van der Waals surface area (Å²) in [5.74, 6) is -0.568. The lowest BCUT2D eigenvalue weighted by molar-refractivity contribution is -0.161. The summed E-state index contributed by atoms with van der Waals surface area (Å²) in [7, 11) is 0. The second kappa shape index (κ2) is 71.1. The molecule has 1 unspecified atom stereocenters. The molecule has 0 spiro atoms. The van der Waals surface area contributed by atoms with E-state index >= 15 is 0 Å². The number of allylic oxidation sites excluding steroid dienone is 8. The van der Waals surface area contributed by atoms with Crippen molar-refractivity contribution < 1.29 is 24.2 Å². The molecule has 0 saturated carbocycles. The first-order valence-corrected chi connectivity index (χ1v) is 36.2. The van der Waals surface area contributed by atoms with Crippen LogP contribution in [0.25, 0.3) is 0 Å². The Morgan fingerprint density at radius 3 is 0.762 bits per heavy atom. The van der Waals surface area contributed by atoms with Crippen LogP contribution in [0.4, 0.5) is 0 Å². The number of hydrogen-bond acceptors (Lipinski definition) is 5. The zero-order valence-corrected chi connectivity index (χ0v) is 54.1. The van der Waals surface area contributed by atoms with Gasteiger partial charge < -0.3 is 14.6 Å². The average Bonchev–Trinajstić information content (AvgIpc) is 3.46. The molecule has 470 valence electrons. The van der Waals surface area contributed by atoms with Gasteiger partial charge in [-0.05, 0) is 77.0 Å². The molecule has 0 saturated heterocycles. The van der Waals surface area contributed by atoms with Crippen molar-refractivity contribution >= 4 is 11.9 Å². The number of carbonyl (C=O) groups excluding carboxylic acids is 2. The molecule has 0 aliphatic carbocycles. The first-order chi connectivity index (χ1) is 39.6. The zero-order valence-electron chi connectivity index (χ0n) is 54.1. The lowest BCUT2D eigenvalue weighted by atomic mass is 10.0. The van der Waals surface area contributed by atoms with Crippen molar-refractivity contribution in [3.63, 3.8) is 0 Å². The Balaban J connectivity index is 3.39. The molecule has 0 heterocycles. The van der Waals surface area contributed by atoms with Gasteiger partial charge in [-0.25, -0.2) is 0 Å². The largest absolute Gasteiger partial charge is 0.462 e. The summed E-state index contributed by atoms with van der Waals surface area (Å²) < 4.78 is 10.8. The van der Waals surface area contributed by atoms with E-state index in [9.17, 15) is 14.7 Å². The fourth-order valence-corrected chi connectivity index (χ4v) is 11.2. The van der Waals surface area contributed by atoms with Gasteiger partial charge in [0, 0.05) is 12.8 Å².